The van der Waals surface area contributed by atoms with E-state index in [0.29, 0.717) is 30.0 Å². The molecule has 1 aromatic rings. The van der Waals surface area contributed by atoms with Crippen molar-refractivity contribution in [2.45, 2.75) is 60.0 Å². The summed E-state index contributed by atoms with van der Waals surface area (Å²) in [7, 11) is 0. The molecule has 1 N–H and O–H groups in total. The summed E-state index contributed by atoms with van der Waals surface area (Å²) in [5.74, 6) is -2.17. The third-order valence-electron chi connectivity index (χ3n) is 7.86. The van der Waals surface area contributed by atoms with E-state index in [9.17, 15) is 19.5 Å². The molecule has 3 heterocycles. The number of hydrogen-bond acceptors (Lipinski definition) is 6. The maximum absolute atomic E-state index is 14.6. The van der Waals surface area contributed by atoms with Crippen molar-refractivity contribution in [3.05, 3.63) is 54.6 Å². The highest BCUT2D eigenvalue weighted by Gasteiger charge is 2.76. The first-order valence-corrected chi connectivity index (χ1v) is 15.5. The standard InChI is InChI=1S/C29H36BrClN2O5S/c1-5-7-13-38-28(37)22-23-26(35)33(20(16-34)14-17(3)4)25(29(23)15-21(30)24(22)39-29)27(36)32(12-6-2)19-10-8-18(31)9-11-19/h5-6,8-11,17,20-25,34H,1-2,7,12-16H2,3-4H3/t20-,21?,22+,23+,24+,25?,29?/m1/s1. The van der Waals surface area contributed by atoms with E-state index in [1.165, 1.54) is 0 Å². The normalized spacial score (nSPS) is 29.8. The maximum Gasteiger partial charge on any atom is 0.310 e. The number of aliphatic hydroxyl groups excluding tert-OH is 1. The van der Waals surface area contributed by atoms with Crippen molar-refractivity contribution >= 4 is 62.8 Å². The third-order valence-corrected chi connectivity index (χ3v) is 11.3. The Bertz CT molecular complexity index is 1120. The van der Waals surface area contributed by atoms with Crippen molar-refractivity contribution in [2.75, 3.05) is 24.7 Å². The Balaban J connectivity index is 1.81. The number of rotatable bonds is 12. The van der Waals surface area contributed by atoms with Crippen molar-refractivity contribution in [3.8, 4) is 0 Å². The highest BCUT2D eigenvalue weighted by atomic mass is 79.9. The van der Waals surface area contributed by atoms with E-state index < -0.39 is 34.6 Å². The second-order valence-corrected chi connectivity index (χ2v) is 14.0. The SMILES string of the molecule is C=CCCOC(=O)[C@H]1[C@H]2C(=O)N([C@@H](CO)CC(C)C)C(C(=O)N(CC=C)c3ccc(Cl)cc3)C23CC(Br)[C@@H]1S3. The number of carbonyl (C=O) groups excluding carboxylic acids is 3. The van der Waals surface area contributed by atoms with Crippen molar-refractivity contribution in [3.63, 3.8) is 0 Å². The Morgan fingerprint density at radius 1 is 1.31 bits per heavy atom. The number of carbonyl (C=O) groups is 3. The van der Waals surface area contributed by atoms with Crippen LogP contribution in [0.4, 0.5) is 5.69 Å². The molecule has 0 saturated carbocycles. The van der Waals surface area contributed by atoms with Gasteiger partial charge in [-0.2, -0.15) is 0 Å². The minimum absolute atomic E-state index is 0.0696. The number of hydrogen-bond donors (Lipinski definition) is 1. The van der Waals surface area contributed by atoms with E-state index in [1.807, 2.05) is 13.8 Å². The van der Waals surface area contributed by atoms with Gasteiger partial charge >= 0.3 is 5.97 Å². The molecule has 3 unspecified atom stereocenters. The molecule has 212 valence electrons. The molecular formula is C29H36BrClN2O5S. The number of fused-ring (bicyclic) bond motifs is 1. The van der Waals surface area contributed by atoms with Crippen LogP contribution in [0.25, 0.3) is 0 Å². The Morgan fingerprint density at radius 3 is 2.59 bits per heavy atom. The van der Waals surface area contributed by atoms with Gasteiger partial charge < -0.3 is 19.6 Å². The summed E-state index contributed by atoms with van der Waals surface area (Å²) in [5.41, 5.74) is 0.634. The van der Waals surface area contributed by atoms with Crippen LogP contribution in [-0.4, -0.2) is 74.5 Å². The number of halogens is 2. The van der Waals surface area contributed by atoms with E-state index in [0.717, 1.165) is 0 Å². The van der Waals surface area contributed by atoms with E-state index in [4.69, 9.17) is 16.3 Å². The first-order chi connectivity index (χ1) is 18.6. The zero-order chi connectivity index (χ0) is 28.5. The number of amides is 2. The molecule has 4 rings (SSSR count). The molecule has 2 amide bonds. The molecule has 2 bridgehead atoms. The third kappa shape index (κ3) is 5.44. The number of aliphatic hydroxyl groups is 1. The Morgan fingerprint density at radius 2 is 2.00 bits per heavy atom. The minimum Gasteiger partial charge on any atom is -0.465 e. The number of nitrogens with zero attached hydrogens (tertiary/aromatic N) is 2. The van der Waals surface area contributed by atoms with E-state index in [2.05, 4.69) is 29.1 Å². The number of thioether (sulfide) groups is 1. The number of anilines is 1. The van der Waals surface area contributed by atoms with Crippen molar-refractivity contribution in [1.29, 1.82) is 0 Å². The van der Waals surface area contributed by atoms with Crippen molar-refractivity contribution < 1.29 is 24.2 Å². The lowest BCUT2D eigenvalue weighted by molar-refractivity contribution is -0.154. The maximum atomic E-state index is 14.6. The smallest absolute Gasteiger partial charge is 0.310 e. The summed E-state index contributed by atoms with van der Waals surface area (Å²) in [6.07, 6.45) is 4.91. The van der Waals surface area contributed by atoms with Gasteiger partial charge in [0.05, 0.1) is 35.8 Å². The molecular weight excluding hydrogens is 604 g/mol. The molecule has 10 heteroatoms. The van der Waals surface area contributed by atoms with Gasteiger partial charge in [0.25, 0.3) is 5.91 Å². The van der Waals surface area contributed by atoms with Gasteiger partial charge in [0, 0.05) is 27.3 Å². The molecule has 3 saturated heterocycles. The molecule has 7 atom stereocenters. The summed E-state index contributed by atoms with van der Waals surface area (Å²) in [6, 6.07) is 5.53. The lowest BCUT2D eigenvalue weighted by Gasteiger charge is -2.40. The minimum atomic E-state index is -0.873. The first-order valence-electron chi connectivity index (χ1n) is 13.3. The van der Waals surface area contributed by atoms with Crippen LogP contribution < -0.4 is 4.90 Å². The van der Waals surface area contributed by atoms with E-state index in [1.54, 1.807) is 58.0 Å². The predicted molar refractivity (Wildman–Crippen MR) is 159 cm³/mol. The van der Waals surface area contributed by atoms with Gasteiger partial charge in [0.15, 0.2) is 0 Å². The number of benzene rings is 1. The van der Waals surface area contributed by atoms with Crippen molar-refractivity contribution in [1.82, 2.24) is 4.90 Å². The van der Waals surface area contributed by atoms with Gasteiger partial charge in [-0.05, 0) is 49.4 Å². The van der Waals surface area contributed by atoms with E-state index in [-0.39, 0.29) is 47.6 Å². The van der Waals surface area contributed by atoms with Gasteiger partial charge in [-0.25, -0.2) is 0 Å². The Kier molecular flexibility index (Phi) is 9.56. The predicted octanol–water partition coefficient (Wildman–Crippen LogP) is 4.85. The fraction of sp³-hybridized carbons (Fsp3) is 0.552. The number of likely N-dealkylation sites (tertiary alicyclic amines) is 1. The van der Waals surface area contributed by atoms with Crippen molar-refractivity contribution in [2.24, 2.45) is 17.8 Å². The number of alkyl halides is 1. The van der Waals surface area contributed by atoms with Crippen LogP contribution in [0.2, 0.25) is 5.02 Å². The Hall–Kier alpha value is -1.81. The summed E-state index contributed by atoms with van der Waals surface area (Å²) in [5, 5.41) is 10.8. The quantitative estimate of drug-likeness (QED) is 0.152. The summed E-state index contributed by atoms with van der Waals surface area (Å²) in [4.78, 5) is 45.5. The van der Waals surface area contributed by atoms with Crippen LogP contribution in [0.3, 0.4) is 0 Å². The highest BCUT2D eigenvalue weighted by molar-refractivity contribution is 9.09. The average molecular weight is 640 g/mol. The highest BCUT2D eigenvalue weighted by Crippen LogP contribution is 2.68. The molecule has 0 aromatic heterocycles. The first kappa shape index (κ1) is 30.2. The second kappa shape index (κ2) is 12.4. The van der Waals surface area contributed by atoms with Gasteiger partial charge in [0.1, 0.15) is 6.04 Å². The van der Waals surface area contributed by atoms with Crippen LogP contribution in [-0.2, 0) is 19.1 Å². The molecule has 3 fully saturated rings. The van der Waals surface area contributed by atoms with Gasteiger partial charge in [0.2, 0.25) is 5.91 Å². The van der Waals surface area contributed by atoms with Gasteiger partial charge in [-0.15, -0.1) is 24.9 Å². The van der Waals surface area contributed by atoms with Crippen LogP contribution in [0.15, 0.2) is 49.6 Å². The zero-order valence-corrected chi connectivity index (χ0v) is 25.5. The van der Waals surface area contributed by atoms with E-state index >= 15 is 0 Å². The molecule has 0 aliphatic carbocycles. The van der Waals surface area contributed by atoms with Gasteiger partial charge in [-0.1, -0.05) is 53.5 Å². The molecule has 39 heavy (non-hydrogen) atoms. The number of ether oxygens (including phenoxy) is 1. The summed E-state index contributed by atoms with van der Waals surface area (Å²) in [6.45, 7) is 11.7. The summed E-state index contributed by atoms with van der Waals surface area (Å²) < 4.78 is 4.74. The molecule has 1 spiro atoms. The summed E-state index contributed by atoms with van der Waals surface area (Å²) >= 11 is 11.4. The van der Waals surface area contributed by atoms with Gasteiger partial charge in [-0.3, -0.25) is 14.4 Å². The molecule has 0 radical (unpaired) electrons. The van der Waals surface area contributed by atoms with Crippen LogP contribution in [0, 0.1) is 17.8 Å². The molecule has 1 aromatic carbocycles. The topological polar surface area (TPSA) is 87.1 Å². The monoisotopic (exact) mass is 638 g/mol. The molecule has 7 nitrogen and oxygen atoms in total. The largest absolute Gasteiger partial charge is 0.465 e. The van der Waals surface area contributed by atoms with Crippen LogP contribution in [0.1, 0.15) is 33.1 Å². The number of esters is 1. The molecule has 3 aliphatic heterocycles. The average Bonchev–Trinajstić information content (AvgIpc) is 3.49. The van der Waals surface area contributed by atoms with Crippen LogP contribution >= 0.6 is 39.3 Å². The lowest BCUT2D eigenvalue weighted by Crippen LogP contribution is -2.58. The fourth-order valence-corrected chi connectivity index (χ4v) is 10.1. The van der Waals surface area contributed by atoms with Crippen LogP contribution in [0.5, 0.6) is 0 Å². The second-order valence-electron chi connectivity index (χ2n) is 10.8. The Labute approximate surface area is 248 Å². The fourth-order valence-electron chi connectivity index (χ4n) is 6.39. The zero-order valence-electron chi connectivity index (χ0n) is 22.3. The molecule has 3 aliphatic rings. The lowest BCUT2D eigenvalue weighted by atomic mass is 9.71.